The van der Waals surface area contributed by atoms with Gasteiger partial charge in [0.2, 0.25) is 0 Å². The van der Waals surface area contributed by atoms with Gasteiger partial charge in [0.05, 0.1) is 5.69 Å². The molecule has 1 aromatic rings. The summed E-state index contributed by atoms with van der Waals surface area (Å²) in [7, 11) is 1.96. The minimum absolute atomic E-state index is 0.141. The Balaban J connectivity index is 2.01. The van der Waals surface area contributed by atoms with Crippen LogP contribution in [0, 0.1) is 17.7 Å². The van der Waals surface area contributed by atoms with Gasteiger partial charge in [-0.1, -0.05) is 18.6 Å². The number of rotatable bonds is 4. The van der Waals surface area contributed by atoms with E-state index in [1.54, 1.807) is 6.07 Å². The van der Waals surface area contributed by atoms with Gasteiger partial charge in [0.25, 0.3) is 0 Å². The highest BCUT2D eigenvalue weighted by Crippen LogP contribution is 2.32. The van der Waals surface area contributed by atoms with Gasteiger partial charge >= 0.3 is 0 Å². The van der Waals surface area contributed by atoms with E-state index in [0.29, 0.717) is 17.5 Å². The Hall–Kier alpha value is -1.09. The minimum atomic E-state index is -0.141. The molecule has 2 atom stereocenters. The molecule has 1 saturated carbocycles. The minimum Gasteiger partial charge on any atom is -0.372 e. The van der Waals surface area contributed by atoms with Crippen molar-refractivity contribution >= 4 is 5.69 Å². The van der Waals surface area contributed by atoms with E-state index in [1.807, 2.05) is 24.1 Å². The molecule has 94 valence electrons. The summed E-state index contributed by atoms with van der Waals surface area (Å²) in [6.45, 7) is 1.67. The summed E-state index contributed by atoms with van der Waals surface area (Å²) in [5.41, 5.74) is 6.47. The molecule has 2 unspecified atom stereocenters. The fourth-order valence-electron chi connectivity index (χ4n) is 2.88. The smallest absolute Gasteiger partial charge is 0.146 e. The molecule has 2 rings (SSSR count). The molecule has 1 fully saturated rings. The lowest BCUT2D eigenvalue weighted by Gasteiger charge is -2.26. The summed E-state index contributed by atoms with van der Waals surface area (Å²) in [4.78, 5) is 2.02. The third-order valence-electron chi connectivity index (χ3n) is 3.89. The molecule has 2 nitrogen and oxygen atoms in total. The standard InChI is InChI=1S/C14H21FN2/c1-17(14-8-3-2-7-13(14)15)10-12-6-4-5-11(12)9-16/h2-3,7-8,11-12H,4-6,9-10,16H2,1H3. The average Bonchev–Trinajstić information content (AvgIpc) is 2.76. The van der Waals surface area contributed by atoms with E-state index in [2.05, 4.69) is 0 Å². The molecule has 0 saturated heterocycles. The van der Waals surface area contributed by atoms with Gasteiger partial charge in [-0.15, -0.1) is 0 Å². The van der Waals surface area contributed by atoms with Crippen LogP contribution in [0.4, 0.5) is 10.1 Å². The summed E-state index contributed by atoms with van der Waals surface area (Å²) < 4.78 is 13.6. The monoisotopic (exact) mass is 236 g/mol. The van der Waals surface area contributed by atoms with Crippen LogP contribution in [0.2, 0.25) is 0 Å². The van der Waals surface area contributed by atoms with E-state index < -0.39 is 0 Å². The zero-order chi connectivity index (χ0) is 12.3. The maximum atomic E-state index is 13.6. The van der Waals surface area contributed by atoms with Crippen LogP contribution in [-0.4, -0.2) is 20.1 Å². The molecular formula is C14H21FN2. The first-order chi connectivity index (χ1) is 8.22. The number of hydrogen-bond acceptors (Lipinski definition) is 2. The topological polar surface area (TPSA) is 29.3 Å². The number of hydrogen-bond donors (Lipinski definition) is 1. The van der Waals surface area contributed by atoms with E-state index in [1.165, 1.54) is 25.3 Å². The number of nitrogens with zero attached hydrogens (tertiary/aromatic N) is 1. The largest absolute Gasteiger partial charge is 0.372 e. The first-order valence-electron chi connectivity index (χ1n) is 6.38. The molecule has 2 N–H and O–H groups in total. The summed E-state index contributed by atoms with van der Waals surface area (Å²) >= 11 is 0. The first-order valence-corrected chi connectivity index (χ1v) is 6.38. The fraction of sp³-hybridized carbons (Fsp3) is 0.571. The average molecular weight is 236 g/mol. The zero-order valence-electron chi connectivity index (χ0n) is 10.4. The zero-order valence-corrected chi connectivity index (χ0v) is 10.4. The molecule has 1 aliphatic carbocycles. The third-order valence-corrected chi connectivity index (χ3v) is 3.89. The lowest BCUT2D eigenvalue weighted by Crippen LogP contribution is -2.30. The van der Waals surface area contributed by atoms with Gasteiger partial charge in [0.15, 0.2) is 0 Å². The molecule has 0 radical (unpaired) electrons. The highest BCUT2D eigenvalue weighted by Gasteiger charge is 2.27. The van der Waals surface area contributed by atoms with Crippen LogP contribution in [0.15, 0.2) is 24.3 Å². The molecular weight excluding hydrogens is 215 g/mol. The Kier molecular flexibility index (Phi) is 4.00. The number of para-hydroxylation sites is 1. The van der Waals surface area contributed by atoms with E-state index >= 15 is 0 Å². The second kappa shape index (κ2) is 5.50. The SMILES string of the molecule is CN(CC1CCCC1CN)c1ccccc1F. The van der Waals surface area contributed by atoms with Crippen molar-refractivity contribution in [1.82, 2.24) is 0 Å². The van der Waals surface area contributed by atoms with Crippen molar-refractivity contribution in [2.45, 2.75) is 19.3 Å². The molecule has 0 bridgehead atoms. The number of benzene rings is 1. The van der Waals surface area contributed by atoms with Gasteiger partial charge in [0, 0.05) is 13.6 Å². The predicted molar refractivity (Wildman–Crippen MR) is 69.6 cm³/mol. The molecule has 0 amide bonds. The van der Waals surface area contributed by atoms with E-state index in [9.17, 15) is 4.39 Å². The normalized spacial score (nSPS) is 23.9. The van der Waals surface area contributed by atoms with Crippen molar-refractivity contribution in [1.29, 1.82) is 0 Å². The Bertz CT molecular complexity index is 367. The summed E-state index contributed by atoms with van der Waals surface area (Å²) in [6, 6.07) is 6.96. The van der Waals surface area contributed by atoms with Crippen molar-refractivity contribution in [3.05, 3.63) is 30.1 Å². The molecule has 1 aromatic carbocycles. The van der Waals surface area contributed by atoms with Crippen molar-refractivity contribution < 1.29 is 4.39 Å². The second-order valence-electron chi connectivity index (χ2n) is 5.02. The highest BCUT2D eigenvalue weighted by atomic mass is 19.1. The molecule has 17 heavy (non-hydrogen) atoms. The first kappa shape index (κ1) is 12.4. The molecule has 0 aliphatic heterocycles. The maximum absolute atomic E-state index is 13.6. The van der Waals surface area contributed by atoms with Crippen molar-refractivity contribution in [3.63, 3.8) is 0 Å². The summed E-state index contributed by atoms with van der Waals surface area (Å²) in [5.74, 6) is 1.09. The third kappa shape index (κ3) is 2.78. The molecule has 0 spiro atoms. The lowest BCUT2D eigenvalue weighted by atomic mass is 9.95. The Morgan fingerprint density at radius 3 is 2.71 bits per heavy atom. The van der Waals surface area contributed by atoms with Crippen LogP contribution in [0.25, 0.3) is 0 Å². The van der Waals surface area contributed by atoms with Crippen molar-refractivity contribution in [2.75, 3.05) is 25.0 Å². The van der Waals surface area contributed by atoms with Crippen LogP contribution in [0.5, 0.6) is 0 Å². The van der Waals surface area contributed by atoms with Crippen LogP contribution in [0.3, 0.4) is 0 Å². The van der Waals surface area contributed by atoms with Gasteiger partial charge in [-0.25, -0.2) is 4.39 Å². The van der Waals surface area contributed by atoms with Crippen LogP contribution in [0.1, 0.15) is 19.3 Å². The molecule has 3 heteroatoms. The van der Waals surface area contributed by atoms with Crippen LogP contribution in [-0.2, 0) is 0 Å². The molecule has 0 heterocycles. The number of halogens is 1. The van der Waals surface area contributed by atoms with Crippen molar-refractivity contribution in [2.24, 2.45) is 17.6 Å². The Labute approximate surface area is 103 Å². The maximum Gasteiger partial charge on any atom is 0.146 e. The van der Waals surface area contributed by atoms with Gasteiger partial charge in [0.1, 0.15) is 5.82 Å². The predicted octanol–water partition coefficient (Wildman–Crippen LogP) is 2.64. The summed E-state index contributed by atoms with van der Waals surface area (Å²) in [6.07, 6.45) is 3.71. The number of nitrogens with two attached hydrogens (primary N) is 1. The van der Waals surface area contributed by atoms with E-state index in [0.717, 1.165) is 13.1 Å². The van der Waals surface area contributed by atoms with Gasteiger partial charge < -0.3 is 10.6 Å². The highest BCUT2D eigenvalue weighted by molar-refractivity contribution is 5.46. The second-order valence-corrected chi connectivity index (χ2v) is 5.02. The summed E-state index contributed by atoms with van der Waals surface area (Å²) in [5, 5.41) is 0. The van der Waals surface area contributed by atoms with E-state index in [4.69, 9.17) is 5.73 Å². The molecule has 1 aliphatic rings. The van der Waals surface area contributed by atoms with Gasteiger partial charge in [-0.3, -0.25) is 0 Å². The van der Waals surface area contributed by atoms with Crippen LogP contribution < -0.4 is 10.6 Å². The van der Waals surface area contributed by atoms with Crippen LogP contribution >= 0.6 is 0 Å². The van der Waals surface area contributed by atoms with E-state index in [-0.39, 0.29) is 5.82 Å². The molecule has 0 aromatic heterocycles. The van der Waals surface area contributed by atoms with Gasteiger partial charge in [-0.2, -0.15) is 0 Å². The number of anilines is 1. The quantitative estimate of drug-likeness (QED) is 0.870. The Morgan fingerprint density at radius 1 is 1.29 bits per heavy atom. The Morgan fingerprint density at radius 2 is 2.00 bits per heavy atom. The lowest BCUT2D eigenvalue weighted by molar-refractivity contribution is 0.398. The van der Waals surface area contributed by atoms with Crippen molar-refractivity contribution in [3.8, 4) is 0 Å². The fourth-order valence-corrected chi connectivity index (χ4v) is 2.88. The van der Waals surface area contributed by atoms with Gasteiger partial charge in [-0.05, 0) is 43.4 Å².